The number of amides is 1. The van der Waals surface area contributed by atoms with Crippen molar-refractivity contribution in [1.29, 1.82) is 0 Å². The molecule has 0 unspecified atom stereocenters. The summed E-state index contributed by atoms with van der Waals surface area (Å²) in [6, 6.07) is 2.24. The number of rotatable bonds is 6. The third-order valence-electron chi connectivity index (χ3n) is 4.44. The van der Waals surface area contributed by atoms with Crippen LogP contribution in [0, 0.1) is 5.92 Å². The lowest BCUT2D eigenvalue weighted by Crippen LogP contribution is -2.41. The van der Waals surface area contributed by atoms with Gasteiger partial charge in [0, 0.05) is 19.0 Å². The molecule has 1 saturated heterocycles. The number of carbonyl (C=O) groups is 1. The fourth-order valence-electron chi connectivity index (χ4n) is 3.29. The van der Waals surface area contributed by atoms with E-state index in [-0.39, 0.29) is 5.92 Å². The monoisotopic (exact) mass is 293 g/mol. The van der Waals surface area contributed by atoms with Crippen molar-refractivity contribution < 1.29 is 4.79 Å². The van der Waals surface area contributed by atoms with Crippen LogP contribution in [0.4, 0.5) is 0 Å². The summed E-state index contributed by atoms with van der Waals surface area (Å²) in [5.41, 5.74) is 1.47. The molecule has 0 radical (unpaired) electrons. The van der Waals surface area contributed by atoms with Gasteiger partial charge in [-0.05, 0) is 54.0 Å². The molecule has 1 fully saturated rings. The fourth-order valence-corrected chi connectivity index (χ4v) is 4.03. The van der Waals surface area contributed by atoms with E-state index in [1.165, 1.54) is 5.56 Å². The van der Waals surface area contributed by atoms with E-state index in [2.05, 4.69) is 35.6 Å². The van der Waals surface area contributed by atoms with Crippen LogP contribution in [0.3, 0.4) is 0 Å². The Bertz CT molecular complexity index is 387. The highest BCUT2D eigenvalue weighted by Gasteiger charge is 2.27. The zero-order valence-corrected chi connectivity index (χ0v) is 13.6. The summed E-state index contributed by atoms with van der Waals surface area (Å²) >= 11 is 1.78. The van der Waals surface area contributed by atoms with Crippen molar-refractivity contribution in [3.8, 4) is 0 Å². The second-order valence-electron chi connectivity index (χ2n) is 5.93. The average molecular weight is 293 g/mol. The summed E-state index contributed by atoms with van der Waals surface area (Å²) in [6.07, 6.45) is 6.60. The molecule has 2 nitrogen and oxygen atoms in total. The average Bonchev–Trinajstić information content (AvgIpc) is 3.01. The molecule has 1 aliphatic heterocycles. The first-order chi connectivity index (χ1) is 9.76. The maximum absolute atomic E-state index is 12.6. The predicted molar refractivity (Wildman–Crippen MR) is 86.2 cm³/mol. The highest BCUT2D eigenvalue weighted by molar-refractivity contribution is 7.07. The van der Waals surface area contributed by atoms with Gasteiger partial charge in [-0.2, -0.15) is 11.3 Å². The van der Waals surface area contributed by atoms with Gasteiger partial charge < -0.3 is 4.90 Å². The van der Waals surface area contributed by atoms with Gasteiger partial charge in [0.25, 0.3) is 0 Å². The Balaban J connectivity index is 1.87. The first-order valence-corrected chi connectivity index (χ1v) is 9.01. The molecule has 2 heterocycles. The van der Waals surface area contributed by atoms with E-state index >= 15 is 0 Å². The van der Waals surface area contributed by atoms with E-state index in [4.69, 9.17) is 0 Å². The summed E-state index contributed by atoms with van der Waals surface area (Å²) in [6.45, 7) is 6.25. The van der Waals surface area contributed by atoms with E-state index in [9.17, 15) is 4.79 Å². The van der Waals surface area contributed by atoms with Gasteiger partial charge >= 0.3 is 0 Å². The van der Waals surface area contributed by atoms with Crippen molar-refractivity contribution in [3.63, 3.8) is 0 Å². The Kier molecular flexibility index (Phi) is 6.08. The first kappa shape index (κ1) is 15.6. The Morgan fingerprint density at radius 1 is 1.30 bits per heavy atom. The van der Waals surface area contributed by atoms with Gasteiger partial charge in [-0.25, -0.2) is 0 Å². The van der Waals surface area contributed by atoms with E-state index in [0.717, 1.165) is 51.6 Å². The third kappa shape index (κ3) is 3.85. The number of likely N-dealkylation sites (tertiary alicyclic amines) is 1. The standard InChI is InChI=1S/C17H27NOS/c1-3-5-15(6-4-2)17(19)18-10-7-14(8-11-18)16-9-12-20-13-16/h9,12-15H,3-8,10-11H2,1-2H3. The van der Waals surface area contributed by atoms with Crippen LogP contribution in [-0.2, 0) is 4.79 Å². The fraction of sp³-hybridized carbons (Fsp3) is 0.706. The number of piperidine rings is 1. The summed E-state index contributed by atoms with van der Waals surface area (Å²) in [7, 11) is 0. The topological polar surface area (TPSA) is 20.3 Å². The van der Waals surface area contributed by atoms with E-state index < -0.39 is 0 Å². The molecule has 0 aliphatic carbocycles. The van der Waals surface area contributed by atoms with Crippen molar-refractivity contribution in [3.05, 3.63) is 22.4 Å². The van der Waals surface area contributed by atoms with Crippen molar-refractivity contribution in [1.82, 2.24) is 4.90 Å². The number of hydrogen-bond donors (Lipinski definition) is 0. The molecule has 2 rings (SSSR count). The lowest BCUT2D eigenvalue weighted by atomic mass is 9.89. The Labute approximate surface area is 127 Å². The maximum Gasteiger partial charge on any atom is 0.225 e. The molecule has 0 spiro atoms. The Morgan fingerprint density at radius 3 is 2.45 bits per heavy atom. The molecule has 3 heteroatoms. The number of nitrogens with zero attached hydrogens (tertiary/aromatic N) is 1. The van der Waals surface area contributed by atoms with Crippen LogP contribution in [-0.4, -0.2) is 23.9 Å². The molecule has 0 bridgehead atoms. The van der Waals surface area contributed by atoms with Gasteiger partial charge in [0.1, 0.15) is 0 Å². The minimum Gasteiger partial charge on any atom is -0.342 e. The molecule has 112 valence electrons. The third-order valence-corrected chi connectivity index (χ3v) is 5.15. The Hall–Kier alpha value is -0.830. The number of thiophene rings is 1. The van der Waals surface area contributed by atoms with Crippen LogP contribution in [0.15, 0.2) is 16.8 Å². The van der Waals surface area contributed by atoms with Crippen LogP contribution < -0.4 is 0 Å². The van der Waals surface area contributed by atoms with Crippen LogP contribution >= 0.6 is 11.3 Å². The van der Waals surface area contributed by atoms with Crippen molar-refractivity contribution in [2.75, 3.05) is 13.1 Å². The van der Waals surface area contributed by atoms with E-state index in [1.54, 1.807) is 11.3 Å². The minimum absolute atomic E-state index is 0.266. The quantitative estimate of drug-likeness (QED) is 0.746. The van der Waals surface area contributed by atoms with Crippen LogP contribution in [0.25, 0.3) is 0 Å². The summed E-state index contributed by atoms with van der Waals surface area (Å²) in [4.78, 5) is 14.7. The smallest absolute Gasteiger partial charge is 0.225 e. The second kappa shape index (κ2) is 7.82. The summed E-state index contributed by atoms with van der Waals surface area (Å²) in [5, 5.41) is 4.42. The van der Waals surface area contributed by atoms with E-state index in [0.29, 0.717) is 11.8 Å². The molecule has 1 aromatic heterocycles. The molecule has 1 amide bonds. The Morgan fingerprint density at radius 2 is 1.95 bits per heavy atom. The predicted octanol–water partition coefficient (Wildman–Crippen LogP) is 4.67. The van der Waals surface area contributed by atoms with Gasteiger partial charge in [-0.1, -0.05) is 26.7 Å². The van der Waals surface area contributed by atoms with E-state index in [1.807, 2.05) is 0 Å². The summed E-state index contributed by atoms with van der Waals surface area (Å²) in [5.74, 6) is 1.35. The lowest BCUT2D eigenvalue weighted by molar-refractivity contribution is -0.137. The normalized spacial score (nSPS) is 16.9. The van der Waals surface area contributed by atoms with Gasteiger partial charge in [0.2, 0.25) is 5.91 Å². The largest absolute Gasteiger partial charge is 0.342 e. The molecular formula is C17H27NOS. The minimum atomic E-state index is 0.266. The molecule has 0 saturated carbocycles. The first-order valence-electron chi connectivity index (χ1n) is 8.07. The van der Waals surface area contributed by atoms with Gasteiger partial charge in [0.15, 0.2) is 0 Å². The molecule has 1 aliphatic rings. The summed E-state index contributed by atoms with van der Waals surface area (Å²) < 4.78 is 0. The molecule has 1 aromatic rings. The van der Waals surface area contributed by atoms with Gasteiger partial charge in [-0.3, -0.25) is 4.79 Å². The number of hydrogen-bond acceptors (Lipinski definition) is 2. The number of carbonyl (C=O) groups excluding carboxylic acids is 1. The van der Waals surface area contributed by atoms with Crippen LogP contribution in [0.2, 0.25) is 0 Å². The van der Waals surface area contributed by atoms with Crippen molar-refractivity contribution >= 4 is 17.2 Å². The highest BCUT2D eigenvalue weighted by atomic mass is 32.1. The molecule has 0 atom stereocenters. The molecule has 20 heavy (non-hydrogen) atoms. The maximum atomic E-state index is 12.6. The van der Waals surface area contributed by atoms with Crippen molar-refractivity contribution in [2.24, 2.45) is 5.92 Å². The van der Waals surface area contributed by atoms with Gasteiger partial charge in [0.05, 0.1) is 0 Å². The zero-order valence-electron chi connectivity index (χ0n) is 12.8. The molecular weight excluding hydrogens is 266 g/mol. The van der Waals surface area contributed by atoms with Crippen LogP contribution in [0.5, 0.6) is 0 Å². The lowest BCUT2D eigenvalue weighted by Gasteiger charge is -2.34. The molecule has 0 N–H and O–H groups in total. The van der Waals surface area contributed by atoms with Crippen molar-refractivity contribution in [2.45, 2.75) is 58.3 Å². The van der Waals surface area contributed by atoms with Gasteiger partial charge in [-0.15, -0.1) is 0 Å². The SMILES string of the molecule is CCCC(CCC)C(=O)N1CCC(c2ccsc2)CC1. The highest BCUT2D eigenvalue weighted by Crippen LogP contribution is 2.30. The molecule has 0 aromatic carbocycles. The zero-order chi connectivity index (χ0) is 14.4. The second-order valence-corrected chi connectivity index (χ2v) is 6.71. The van der Waals surface area contributed by atoms with Crippen LogP contribution in [0.1, 0.15) is 63.9 Å².